The maximum Gasteiger partial charge on any atom is 0.124 e. The summed E-state index contributed by atoms with van der Waals surface area (Å²) in [5.74, 6) is -0.241. The van der Waals surface area contributed by atoms with E-state index in [1.54, 1.807) is 6.07 Å². The molecule has 3 rings (SSSR count). The summed E-state index contributed by atoms with van der Waals surface area (Å²) in [4.78, 5) is 0. The van der Waals surface area contributed by atoms with Gasteiger partial charge in [0, 0.05) is 23.0 Å². The number of rotatable bonds is 4. The maximum absolute atomic E-state index is 13.3. The Morgan fingerprint density at radius 3 is 2.58 bits per heavy atom. The Balaban J connectivity index is 1.87. The highest BCUT2D eigenvalue weighted by molar-refractivity contribution is 6.31. The predicted molar refractivity (Wildman–Crippen MR) is 77.2 cm³/mol. The van der Waals surface area contributed by atoms with Crippen LogP contribution in [-0.2, 0) is 5.41 Å². The van der Waals surface area contributed by atoms with Crippen LogP contribution < -0.4 is 5.32 Å². The summed E-state index contributed by atoms with van der Waals surface area (Å²) in [5.41, 5.74) is 1.26. The zero-order valence-corrected chi connectivity index (χ0v) is 12.0. The van der Waals surface area contributed by atoms with Crippen molar-refractivity contribution in [2.24, 2.45) is 0 Å². The number of benzene rings is 1. The van der Waals surface area contributed by atoms with Crippen molar-refractivity contribution in [3.05, 3.63) is 34.6 Å². The molecule has 104 valence electrons. The number of nitrogens with one attached hydrogen (secondary N) is 1. The van der Waals surface area contributed by atoms with Gasteiger partial charge in [0.15, 0.2) is 0 Å². The quantitative estimate of drug-likeness (QED) is 0.861. The van der Waals surface area contributed by atoms with Gasteiger partial charge in [-0.15, -0.1) is 0 Å². The van der Waals surface area contributed by atoms with Gasteiger partial charge in [0.05, 0.1) is 0 Å². The van der Waals surface area contributed by atoms with Crippen LogP contribution in [-0.4, -0.2) is 12.6 Å². The van der Waals surface area contributed by atoms with Crippen molar-refractivity contribution in [3.63, 3.8) is 0 Å². The van der Waals surface area contributed by atoms with E-state index in [1.807, 2.05) is 6.07 Å². The van der Waals surface area contributed by atoms with Gasteiger partial charge in [0.25, 0.3) is 0 Å². The molecule has 0 radical (unpaired) electrons. The molecule has 0 bridgehead atoms. The van der Waals surface area contributed by atoms with E-state index >= 15 is 0 Å². The van der Waals surface area contributed by atoms with Crippen LogP contribution >= 0.6 is 11.6 Å². The van der Waals surface area contributed by atoms with Crippen LogP contribution in [0.15, 0.2) is 18.2 Å². The molecule has 2 fully saturated rings. The second-order valence-corrected chi connectivity index (χ2v) is 6.53. The normalized spacial score (nSPS) is 22.4. The zero-order chi connectivity index (χ0) is 13.3. The van der Waals surface area contributed by atoms with Crippen LogP contribution in [0.25, 0.3) is 0 Å². The topological polar surface area (TPSA) is 12.0 Å². The molecule has 1 aromatic rings. The van der Waals surface area contributed by atoms with Crippen molar-refractivity contribution < 1.29 is 4.39 Å². The summed E-state index contributed by atoms with van der Waals surface area (Å²) in [7, 11) is 0. The summed E-state index contributed by atoms with van der Waals surface area (Å²) in [5, 5.41) is 4.25. The van der Waals surface area contributed by atoms with Gasteiger partial charge in [-0.3, -0.25) is 0 Å². The molecule has 1 nitrogen and oxygen atoms in total. The van der Waals surface area contributed by atoms with Crippen molar-refractivity contribution in [2.45, 2.75) is 56.4 Å². The number of hydrogen-bond donors (Lipinski definition) is 1. The van der Waals surface area contributed by atoms with E-state index < -0.39 is 0 Å². The third-order valence-corrected chi connectivity index (χ3v) is 4.93. The van der Waals surface area contributed by atoms with Crippen LogP contribution in [0.3, 0.4) is 0 Å². The molecule has 0 heterocycles. The Bertz CT molecular complexity index is 450. The molecule has 19 heavy (non-hydrogen) atoms. The molecule has 2 aliphatic rings. The summed E-state index contributed by atoms with van der Waals surface area (Å²) in [6.45, 7) is 0.989. The SMILES string of the molecule is Fc1ccc(C2(CNC3CC3)CCCCC2)c(Cl)c1. The van der Waals surface area contributed by atoms with Crippen molar-refractivity contribution in [2.75, 3.05) is 6.54 Å². The Kier molecular flexibility index (Phi) is 3.81. The fraction of sp³-hybridized carbons (Fsp3) is 0.625. The van der Waals surface area contributed by atoms with Crippen molar-refractivity contribution >= 4 is 11.6 Å². The van der Waals surface area contributed by atoms with Gasteiger partial charge in [0.2, 0.25) is 0 Å². The van der Waals surface area contributed by atoms with Gasteiger partial charge < -0.3 is 5.32 Å². The van der Waals surface area contributed by atoms with Gasteiger partial charge in [-0.1, -0.05) is 36.9 Å². The lowest BCUT2D eigenvalue weighted by Crippen LogP contribution is -2.41. The predicted octanol–water partition coefficient (Wildman–Crippen LogP) is 4.43. The first kappa shape index (κ1) is 13.4. The lowest BCUT2D eigenvalue weighted by molar-refractivity contribution is 0.279. The molecule has 0 aromatic heterocycles. The lowest BCUT2D eigenvalue weighted by Gasteiger charge is -2.39. The van der Waals surface area contributed by atoms with Crippen molar-refractivity contribution in [3.8, 4) is 0 Å². The fourth-order valence-electron chi connectivity index (χ4n) is 3.32. The minimum Gasteiger partial charge on any atom is -0.313 e. The standard InChI is InChI=1S/C16H21ClFN/c17-15-10-12(18)4-7-14(15)16(8-2-1-3-9-16)11-19-13-5-6-13/h4,7,10,13,19H,1-3,5-6,8-9,11H2. The van der Waals surface area contributed by atoms with E-state index in [4.69, 9.17) is 11.6 Å². The Morgan fingerprint density at radius 2 is 1.95 bits per heavy atom. The van der Waals surface area contributed by atoms with E-state index in [0.717, 1.165) is 24.9 Å². The molecular weight excluding hydrogens is 261 g/mol. The Labute approximate surface area is 119 Å². The summed E-state index contributed by atoms with van der Waals surface area (Å²) in [6, 6.07) is 5.62. The fourth-order valence-corrected chi connectivity index (χ4v) is 3.68. The smallest absolute Gasteiger partial charge is 0.124 e. The average Bonchev–Trinajstić information content (AvgIpc) is 3.21. The van der Waals surface area contributed by atoms with E-state index in [1.165, 1.54) is 38.2 Å². The van der Waals surface area contributed by atoms with E-state index in [0.29, 0.717) is 11.1 Å². The number of hydrogen-bond acceptors (Lipinski definition) is 1. The van der Waals surface area contributed by atoms with E-state index in [2.05, 4.69) is 5.32 Å². The lowest BCUT2D eigenvalue weighted by atomic mass is 9.69. The van der Waals surface area contributed by atoms with Crippen molar-refractivity contribution in [1.82, 2.24) is 5.32 Å². The molecule has 0 spiro atoms. The second kappa shape index (κ2) is 5.41. The highest BCUT2D eigenvalue weighted by Crippen LogP contribution is 2.42. The van der Waals surface area contributed by atoms with Gasteiger partial charge >= 0.3 is 0 Å². The van der Waals surface area contributed by atoms with Gasteiger partial charge in [0.1, 0.15) is 5.82 Å². The average molecular weight is 282 g/mol. The molecule has 0 saturated heterocycles. The minimum absolute atomic E-state index is 0.117. The first-order valence-electron chi connectivity index (χ1n) is 7.39. The summed E-state index contributed by atoms with van der Waals surface area (Å²) < 4.78 is 13.3. The molecule has 3 heteroatoms. The largest absolute Gasteiger partial charge is 0.313 e. The van der Waals surface area contributed by atoms with Crippen LogP contribution in [0, 0.1) is 5.82 Å². The summed E-state index contributed by atoms with van der Waals surface area (Å²) >= 11 is 6.32. The van der Waals surface area contributed by atoms with E-state index in [9.17, 15) is 4.39 Å². The molecule has 0 aliphatic heterocycles. The van der Waals surface area contributed by atoms with Crippen LogP contribution in [0.5, 0.6) is 0 Å². The van der Waals surface area contributed by atoms with Crippen LogP contribution in [0.4, 0.5) is 4.39 Å². The second-order valence-electron chi connectivity index (χ2n) is 6.12. The van der Waals surface area contributed by atoms with E-state index in [-0.39, 0.29) is 11.2 Å². The molecule has 0 atom stereocenters. The monoisotopic (exact) mass is 281 g/mol. The van der Waals surface area contributed by atoms with Crippen molar-refractivity contribution in [1.29, 1.82) is 0 Å². The van der Waals surface area contributed by atoms with Gasteiger partial charge in [-0.25, -0.2) is 4.39 Å². The zero-order valence-electron chi connectivity index (χ0n) is 11.2. The highest BCUT2D eigenvalue weighted by Gasteiger charge is 2.37. The first-order valence-corrected chi connectivity index (χ1v) is 7.76. The van der Waals surface area contributed by atoms with Crippen LogP contribution in [0.2, 0.25) is 5.02 Å². The molecule has 0 unspecified atom stereocenters. The molecule has 1 aromatic carbocycles. The maximum atomic E-state index is 13.3. The molecule has 0 amide bonds. The Morgan fingerprint density at radius 1 is 1.21 bits per heavy atom. The van der Waals surface area contributed by atoms with Gasteiger partial charge in [-0.05, 0) is 43.4 Å². The van der Waals surface area contributed by atoms with Crippen LogP contribution in [0.1, 0.15) is 50.5 Å². The Hall–Kier alpha value is -0.600. The molecule has 2 saturated carbocycles. The highest BCUT2D eigenvalue weighted by atomic mass is 35.5. The number of halogens is 2. The molecular formula is C16H21ClFN. The molecule has 1 N–H and O–H groups in total. The third-order valence-electron chi connectivity index (χ3n) is 4.62. The molecule has 2 aliphatic carbocycles. The van der Waals surface area contributed by atoms with Gasteiger partial charge in [-0.2, -0.15) is 0 Å². The minimum atomic E-state index is -0.241. The first-order chi connectivity index (χ1) is 9.20. The summed E-state index contributed by atoms with van der Waals surface area (Å²) in [6.07, 6.45) is 8.74. The third kappa shape index (κ3) is 2.95.